The first kappa shape index (κ1) is 19.6. The van der Waals surface area contributed by atoms with E-state index in [4.69, 9.17) is 14.2 Å². The first-order valence-corrected chi connectivity index (χ1v) is 9.95. The standard InChI is InChI=1S/C22H26N4O3/c1-3-7-21-19(5-1)23-17-25(21)9-11-27-13-15-29-16-14-28-12-10-26-18-24-20-6-2-4-8-22(20)26/h1-8,17-18H,9-16H2. The Morgan fingerprint density at radius 3 is 1.45 bits per heavy atom. The average Bonchev–Trinajstić information content (AvgIpc) is 3.36. The summed E-state index contributed by atoms with van der Waals surface area (Å²) in [5, 5.41) is 0. The van der Waals surface area contributed by atoms with Gasteiger partial charge in [0, 0.05) is 13.1 Å². The summed E-state index contributed by atoms with van der Waals surface area (Å²) < 4.78 is 21.1. The minimum Gasteiger partial charge on any atom is -0.377 e. The summed E-state index contributed by atoms with van der Waals surface area (Å²) in [5.74, 6) is 0. The van der Waals surface area contributed by atoms with E-state index in [0.717, 1.165) is 35.2 Å². The van der Waals surface area contributed by atoms with Crippen LogP contribution in [-0.4, -0.2) is 58.7 Å². The smallest absolute Gasteiger partial charge is 0.0959 e. The predicted molar refractivity (Wildman–Crippen MR) is 112 cm³/mol. The molecule has 0 spiro atoms. The minimum absolute atomic E-state index is 0.570. The largest absolute Gasteiger partial charge is 0.377 e. The molecule has 7 nitrogen and oxygen atoms in total. The van der Waals surface area contributed by atoms with Gasteiger partial charge in [-0.25, -0.2) is 9.97 Å². The first-order chi connectivity index (χ1) is 14.4. The molecule has 29 heavy (non-hydrogen) atoms. The second-order valence-electron chi connectivity index (χ2n) is 6.69. The molecule has 0 aliphatic heterocycles. The molecule has 7 heteroatoms. The summed E-state index contributed by atoms with van der Waals surface area (Å²) in [6.07, 6.45) is 3.71. The molecule has 0 fully saturated rings. The molecule has 0 amide bonds. The topological polar surface area (TPSA) is 63.3 Å². The quantitative estimate of drug-likeness (QED) is 0.346. The maximum absolute atomic E-state index is 5.65. The van der Waals surface area contributed by atoms with E-state index >= 15 is 0 Å². The van der Waals surface area contributed by atoms with Crippen LogP contribution in [0.2, 0.25) is 0 Å². The molecule has 0 unspecified atom stereocenters. The zero-order chi connectivity index (χ0) is 19.7. The van der Waals surface area contributed by atoms with Crippen molar-refractivity contribution in [1.29, 1.82) is 0 Å². The van der Waals surface area contributed by atoms with Gasteiger partial charge in [-0.3, -0.25) is 0 Å². The Balaban J connectivity index is 1.02. The summed E-state index contributed by atoms with van der Waals surface area (Å²) in [7, 11) is 0. The Bertz CT molecular complexity index is 945. The number of ether oxygens (including phenoxy) is 3. The van der Waals surface area contributed by atoms with E-state index in [-0.39, 0.29) is 0 Å². The highest BCUT2D eigenvalue weighted by atomic mass is 16.5. The van der Waals surface area contributed by atoms with Crippen molar-refractivity contribution in [1.82, 2.24) is 19.1 Å². The third-order valence-corrected chi connectivity index (χ3v) is 4.75. The number of aromatic nitrogens is 4. The van der Waals surface area contributed by atoms with Gasteiger partial charge >= 0.3 is 0 Å². The molecule has 0 radical (unpaired) electrons. The molecule has 0 bridgehead atoms. The lowest BCUT2D eigenvalue weighted by molar-refractivity contribution is 0.0121. The molecule has 2 heterocycles. The fraction of sp³-hybridized carbons (Fsp3) is 0.364. The van der Waals surface area contributed by atoms with Crippen LogP contribution in [0.4, 0.5) is 0 Å². The molecule has 0 saturated heterocycles. The highest BCUT2D eigenvalue weighted by Crippen LogP contribution is 2.12. The Labute approximate surface area is 169 Å². The van der Waals surface area contributed by atoms with Crippen molar-refractivity contribution in [3.05, 3.63) is 61.2 Å². The Hall–Kier alpha value is -2.74. The molecule has 2 aromatic carbocycles. The van der Waals surface area contributed by atoms with Crippen molar-refractivity contribution in [2.24, 2.45) is 0 Å². The maximum Gasteiger partial charge on any atom is 0.0959 e. The van der Waals surface area contributed by atoms with Crippen LogP contribution in [0.5, 0.6) is 0 Å². The van der Waals surface area contributed by atoms with Crippen LogP contribution in [-0.2, 0) is 27.3 Å². The van der Waals surface area contributed by atoms with Crippen molar-refractivity contribution < 1.29 is 14.2 Å². The monoisotopic (exact) mass is 394 g/mol. The number of hydrogen-bond donors (Lipinski definition) is 0. The average molecular weight is 394 g/mol. The van der Waals surface area contributed by atoms with Gasteiger partial charge in [0.25, 0.3) is 0 Å². The van der Waals surface area contributed by atoms with E-state index in [1.165, 1.54) is 0 Å². The molecule has 0 N–H and O–H groups in total. The zero-order valence-corrected chi connectivity index (χ0v) is 16.4. The normalized spacial score (nSPS) is 11.6. The molecule has 152 valence electrons. The van der Waals surface area contributed by atoms with Gasteiger partial charge in [-0.2, -0.15) is 0 Å². The lowest BCUT2D eigenvalue weighted by Gasteiger charge is -2.08. The molecule has 0 aliphatic rings. The summed E-state index contributed by atoms with van der Waals surface area (Å²) in [4.78, 5) is 8.75. The van der Waals surface area contributed by atoms with Crippen molar-refractivity contribution in [2.45, 2.75) is 13.1 Å². The molecule has 0 atom stereocenters. The molecule has 4 rings (SSSR count). The lowest BCUT2D eigenvalue weighted by atomic mass is 10.3. The fourth-order valence-corrected chi connectivity index (χ4v) is 3.24. The van der Waals surface area contributed by atoms with E-state index in [1.807, 2.05) is 49.1 Å². The van der Waals surface area contributed by atoms with Crippen LogP contribution in [0.3, 0.4) is 0 Å². The van der Waals surface area contributed by atoms with Crippen molar-refractivity contribution in [3.63, 3.8) is 0 Å². The van der Waals surface area contributed by atoms with Crippen LogP contribution in [0.1, 0.15) is 0 Å². The van der Waals surface area contributed by atoms with Crippen LogP contribution < -0.4 is 0 Å². The third-order valence-electron chi connectivity index (χ3n) is 4.75. The molecular formula is C22H26N4O3. The van der Waals surface area contributed by atoms with Gasteiger partial charge in [0.1, 0.15) is 0 Å². The third kappa shape index (κ3) is 5.20. The van der Waals surface area contributed by atoms with Crippen LogP contribution in [0, 0.1) is 0 Å². The first-order valence-electron chi connectivity index (χ1n) is 9.95. The molecule has 0 saturated carbocycles. The number of benzene rings is 2. The number of para-hydroxylation sites is 4. The number of hydrogen-bond acceptors (Lipinski definition) is 5. The van der Waals surface area contributed by atoms with Gasteiger partial charge in [-0.1, -0.05) is 24.3 Å². The fourth-order valence-electron chi connectivity index (χ4n) is 3.24. The van der Waals surface area contributed by atoms with Crippen LogP contribution in [0.25, 0.3) is 22.1 Å². The second-order valence-corrected chi connectivity index (χ2v) is 6.69. The number of nitrogens with zero attached hydrogens (tertiary/aromatic N) is 4. The Kier molecular flexibility index (Phi) is 6.85. The molecule has 2 aromatic heterocycles. The molecule has 4 aromatic rings. The summed E-state index contributed by atoms with van der Waals surface area (Å²) in [6, 6.07) is 16.2. The van der Waals surface area contributed by atoms with E-state index in [9.17, 15) is 0 Å². The van der Waals surface area contributed by atoms with Crippen LogP contribution in [0.15, 0.2) is 61.2 Å². The van der Waals surface area contributed by atoms with E-state index in [1.54, 1.807) is 0 Å². The zero-order valence-electron chi connectivity index (χ0n) is 16.4. The van der Waals surface area contributed by atoms with E-state index in [2.05, 4.69) is 31.2 Å². The number of fused-ring (bicyclic) bond motifs is 2. The van der Waals surface area contributed by atoms with Crippen molar-refractivity contribution >= 4 is 22.1 Å². The SMILES string of the molecule is c1ccc2c(c1)ncn2CCOCCOCCOCCn1cnc2ccccc21. The Morgan fingerprint density at radius 2 is 0.966 bits per heavy atom. The summed E-state index contributed by atoms with van der Waals surface area (Å²) >= 11 is 0. The Morgan fingerprint density at radius 1 is 0.552 bits per heavy atom. The number of imidazole rings is 2. The minimum atomic E-state index is 0.570. The predicted octanol–water partition coefficient (Wildman–Crippen LogP) is 3.14. The molecule has 0 aliphatic carbocycles. The van der Waals surface area contributed by atoms with Gasteiger partial charge in [0.2, 0.25) is 0 Å². The van der Waals surface area contributed by atoms with E-state index in [0.29, 0.717) is 39.6 Å². The summed E-state index contributed by atoms with van der Waals surface area (Å²) in [6.45, 7) is 5.14. The summed E-state index contributed by atoms with van der Waals surface area (Å²) in [5.41, 5.74) is 4.29. The van der Waals surface area contributed by atoms with Gasteiger partial charge in [-0.05, 0) is 24.3 Å². The van der Waals surface area contributed by atoms with Crippen molar-refractivity contribution in [2.75, 3.05) is 39.6 Å². The van der Waals surface area contributed by atoms with E-state index < -0.39 is 0 Å². The second kappa shape index (κ2) is 10.2. The molecular weight excluding hydrogens is 368 g/mol. The number of rotatable bonds is 12. The maximum atomic E-state index is 5.65. The van der Waals surface area contributed by atoms with Gasteiger partial charge < -0.3 is 23.3 Å². The van der Waals surface area contributed by atoms with Gasteiger partial charge in [-0.15, -0.1) is 0 Å². The van der Waals surface area contributed by atoms with Crippen molar-refractivity contribution in [3.8, 4) is 0 Å². The van der Waals surface area contributed by atoms with Gasteiger partial charge in [0.15, 0.2) is 0 Å². The highest BCUT2D eigenvalue weighted by molar-refractivity contribution is 5.75. The van der Waals surface area contributed by atoms with Gasteiger partial charge in [0.05, 0.1) is 74.4 Å². The lowest BCUT2D eigenvalue weighted by Crippen LogP contribution is -2.13. The highest BCUT2D eigenvalue weighted by Gasteiger charge is 2.02. The van der Waals surface area contributed by atoms with Crippen LogP contribution >= 0.6 is 0 Å².